The van der Waals surface area contributed by atoms with Crippen LogP contribution in [0.25, 0.3) is 33.2 Å². The summed E-state index contributed by atoms with van der Waals surface area (Å²) in [5.74, 6) is 1.53. The van der Waals surface area contributed by atoms with Crippen LogP contribution < -0.4 is 5.32 Å². The SMILES string of the molecule is N#CCc1ccc(Nc2ncnc3ccc(-c4cc5ccccc5o4)cc23)cc1. The van der Waals surface area contributed by atoms with Gasteiger partial charge in [-0.05, 0) is 48.0 Å². The number of hydrogen-bond acceptors (Lipinski definition) is 5. The van der Waals surface area contributed by atoms with Gasteiger partial charge in [-0.25, -0.2) is 9.97 Å². The van der Waals surface area contributed by atoms with Crippen molar-refractivity contribution in [3.63, 3.8) is 0 Å². The first-order chi connectivity index (χ1) is 14.3. The van der Waals surface area contributed by atoms with E-state index < -0.39 is 0 Å². The number of hydrogen-bond donors (Lipinski definition) is 1. The molecule has 5 aromatic rings. The van der Waals surface area contributed by atoms with E-state index in [1.807, 2.05) is 72.8 Å². The zero-order chi connectivity index (χ0) is 19.6. The van der Waals surface area contributed by atoms with Crippen LogP contribution in [0.15, 0.2) is 83.5 Å². The zero-order valence-electron chi connectivity index (χ0n) is 15.5. The third kappa shape index (κ3) is 3.28. The Kier molecular flexibility index (Phi) is 4.15. The molecule has 0 spiro atoms. The maximum atomic E-state index is 8.82. The van der Waals surface area contributed by atoms with Crippen LogP contribution in [-0.2, 0) is 6.42 Å². The van der Waals surface area contributed by atoms with Crippen molar-refractivity contribution in [2.45, 2.75) is 6.42 Å². The van der Waals surface area contributed by atoms with E-state index in [-0.39, 0.29) is 0 Å². The molecule has 29 heavy (non-hydrogen) atoms. The number of nitrogens with one attached hydrogen (secondary N) is 1. The molecule has 0 radical (unpaired) electrons. The fourth-order valence-electron chi connectivity index (χ4n) is 3.37. The Hall–Kier alpha value is -4.17. The van der Waals surface area contributed by atoms with Crippen molar-refractivity contribution in [3.8, 4) is 17.4 Å². The second kappa shape index (κ2) is 7.10. The number of para-hydroxylation sites is 1. The van der Waals surface area contributed by atoms with Crippen LogP contribution in [0.2, 0.25) is 0 Å². The predicted molar refractivity (Wildman–Crippen MR) is 114 cm³/mol. The number of rotatable bonds is 4. The van der Waals surface area contributed by atoms with Gasteiger partial charge >= 0.3 is 0 Å². The highest BCUT2D eigenvalue weighted by Crippen LogP contribution is 2.32. The molecule has 5 heteroatoms. The van der Waals surface area contributed by atoms with E-state index in [1.165, 1.54) is 0 Å². The summed E-state index contributed by atoms with van der Waals surface area (Å²) in [6.45, 7) is 0. The first-order valence-corrected chi connectivity index (χ1v) is 9.27. The Morgan fingerprint density at radius 2 is 1.79 bits per heavy atom. The lowest BCUT2D eigenvalue weighted by molar-refractivity contribution is 0.631. The lowest BCUT2D eigenvalue weighted by Gasteiger charge is -2.09. The molecule has 0 saturated carbocycles. The Morgan fingerprint density at radius 1 is 0.931 bits per heavy atom. The summed E-state index contributed by atoms with van der Waals surface area (Å²) in [6, 6.07) is 26.0. The first-order valence-electron chi connectivity index (χ1n) is 9.27. The molecule has 0 atom stereocenters. The fourth-order valence-corrected chi connectivity index (χ4v) is 3.37. The Bertz CT molecular complexity index is 1330. The van der Waals surface area contributed by atoms with Gasteiger partial charge in [0, 0.05) is 22.0 Å². The third-order valence-corrected chi connectivity index (χ3v) is 4.85. The van der Waals surface area contributed by atoms with Crippen molar-refractivity contribution >= 4 is 33.4 Å². The van der Waals surface area contributed by atoms with Crippen molar-refractivity contribution in [3.05, 3.63) is 84.7 Å². The van der Waals surface area contributed by atoms with Crippen LogP contribution in [0, 0.1) is 11.3 Å². The molecule has 2 heterocycles. The third-order valence-electron chi connectivity index (χ3n) is 4.85. The zero-order valence-corrected chi connectivity index (χ0v) is 15.5. The lowest BCUT2D eigenvalue weighted by atomic mass is 10.1. The van der Waals surface area contributed by atoms with Crippen LogP contribution in [0.1, 0.15) is 5.56 Å². The summed E-state index contributed by atoms with van der Waals surface area (Å²) < 4.78 is 6.01. The maximum Gasteiger partial charge on any atom is 0.141 e. The van der Waals surface area contributed by atoms with Gasteiger partial charge in [-0.2, -0.15) is 5.26 Å². The number of aromatic nitrogens is 2. The molecular formula is C24H16N4O. The van der Waals surface area contributed by atoms with Crippen molar-refractivity contribution in [2.75, 3.05) is 5.32 Å². The van der Waals surface area contributed by atoms with Gasteiger partial charge in [0.1, 0.15) is 23.5 Å². The molecule has 3 aromatic carbocycles. The quantitative estimate of drug-likeness (QED) is 0.426. The number of anilines is 2. The molecule has 138 valence electrons. The van der Waals surface area contributed by atoms with Crippen molar-refractivity contribution in [1.29, 1.82) is 5.26 Å². The van der Waals surface area contributed by atoms with Crippen LogP contribution in [0.5, 0.6) is 0 Å². The van der Waals surface area contributed by atoms with E-state index in [0.29, 0.717) is 6.42 Å². The molecule has 0 fully saturated rings. The highest BCUT2D eigenvalue weighted by atomic mass is 16.3. The summed E-state index contributed by atoms with van der Waals surface area (Å²) in [6.07, 6.45) is 1.95. The molecule has 0 saturated heterocycles. The molecule has 0 bridgehead atoms. The highest BCUT2D eigenvalue weighted by molar-refractivity contribution is 5.94. The number of nitriles is 1. The Morgan fingerprint density at radius 3 is 2.62 bits per heavy atom. The summed E-state index contributed by atoms with van der Waals surface area (Å²) in [5, 5.41) is 14.2. The van der Waals surface area contributed by atoms with Gasteiger partial charge in [0.25, 0.3) is 0 Å². The van der Waals surface area contributed by atoms with Crippen molar-refractivity contribution < 1.29 is 4.42 Å². The van der Waals surface area contributed by atoms with E-state index in [9.17, 15) is 0 Å². The second-order valence-corrected chi connectivity index (χ2v) is 6.76. The Labute approximate surface area is 167 Å². The van der Waals surface area contributed by atoms with Crippen molar-refractivity contribution in [1.82, 2.24) is 9.97 Å². The second-order valence-electron chi connectivity index (χ2n) is 6.76. The molecule has 0 aliphatic carbocycles. The summed E-state index contributed by atoms with van der Waals surface area (Å²) >= 11 is 0. The molecular weight excluding hydrogens is 360 g/mol. The highest BCUT2D eigenvalue weighted by Gasteiger charge is 2.10. The molecule has 0 aliphatic rings. The number of fused-ring (bicyclic) bond motifs is 2. The van der Waals surface area contributed by atoms with E-state index in [0.717, 1.165) is 50.3 Å². The van der Waals surface area contributed by atoms with Gasteiger partial charge in [0.15, 0.2) is 0 Å². The average Bonchev–Trinajstić information content (AvgIpc) is 3.20. The van der Waals surface area contributed by atoms with E-state index in [2.05, 4.69) is 21.4 Å². The van der Waals surface area contributed by atoms with Gasteiger partial charge < -0.3 is 9.73 Å². The molecule has 0 aliphatic heterocycles. The van der Waals surface area contributed by atoms with Crippen LogP contribution in [0.3, 0.4) is 0 Å². The smallest absolute Gasteiger partial charge is 0.141 e. The normalized spacial score (nSPS) is 10.9. The molecule has 1 N–H and O–H groups in total. The van der Waals surface area contributed by atoms with Crippen LogP contribution >= 0.6 is 0 Å². The average molecular weight is 376 g/mol. The minimum atomic E-state index is 0.400. The molecule has 5 rings (SSSR count). The molecule has 2 aromatic heterocycles. The summed E-state index contributed by atoms with van der Waals surface area (Å²) in [7, 11) is 0. The van der Waals surface area contributed by atoms with Crippen LogP contribution in [0.4, 0.5) is 11.5 Å². The topological polar surface area (TPSA) is 74.7 Å². The molecule has 0 unspecified atom stereocenters. The minimum absolute atomic E-state index is 0.400. The van der Waals surface area contributed by atoms with Gasteiger partial charge in [-0.3, -0.25) is 0 Å². The molecule has 0 amide bonds. The number of benzene rings is 3. The summed E-state index contributed by atoms with van der Waals surface area (Å²) in [5.41, 5.74) is 4.57. The van der Waals surface area contributed by atoms with Gasteiger partial charge in [-0.15, -0.1) is 0 Å². The Balaban J connectivity index is 1.54. The largest absolute Gasteiger partial charge is 0.456 e. The first kappa shape index (κ1) is 17.0. The standard InChI is InChI=1S/C24H16N4O/c25-12-11-16-5-8-19(9-6-16)28-24-20-13-18(7-10-21(20)26-15-27-24)23-14-17-3-1-2-4-22(17)29-23/h1-10,13-15H,11H2,(H,26,27,28). The maximum absolute atomic E-state index is 8.82. The van der Waals surface area contributed by atoms with E-state index in [4.69, 9.17) is 9.68 Å². The van der Waals surface area contributed by atoms with Gasteiger partial charge in [-0.1, -0.05) is 30.3 Å². The van der Waals surface area contributed by atoms with Gasteiger partial charge in [0.05, 0.1) is 18.0 Å². The minimum Gasteiger partial charge on any atom is -0.456 e. The molecule has 5 nitrogen and oxygen atoms in total. The fraction of sp³-hybridized carbons (Fsp3) is 0.0417. The van der Waals surface area contributed by atoms with Gasteiger partial charge in [0.2, 0.25) is 0 Å². The lowest BCUT2D eigenvalue weighted by Crippen LogP contribution is -1.96. The number of furan rings is 1. The monoisotopic (exact) mass is 376 g/mol. The van der Waals surface area contributed by atoms with E-state index >= 15 is 0 Å². The van der Waals surface area contributed by atoms with E-state index in [1.54, 1.807) is 6.33 Å². The summed E-state index contributed by atoms with van der Waals surface area (Å²) in [4.78, 5) is 8.82. The van der Waals surface area contributed by atoms with Crippen LogP contribution in [-0.4, -0.2) is 9.97 Å². The predicted octanol–water partition coefficient (Wildman–Crippen LogP) is 5.85. The van der Waals surface area contributed by atoms with Crippen molar-refractivity contribution in [2.24, 2.45) is 0 Å². The number of nitrogens with zero attached hydrogens (tertiary/aromatic N) is 3.